The molecule has 0 aromatic heterocycles. The molecule has 0 aliphatic heterocycles. The third-order valence-corrected chi connectivity index (χ3v) is 1.87. The van der Waals surface area contributed by atoms with Gasteiger partial charge in [0.1, 0.15) is 0 Å². The van der Waals surface area contributed by atoms with Crippen LogP contribution in [0.1, 0.15) is 18.4 Å². The Balaban J connectivity index is 2.59. The van der Waals surface area contributed by atoms with Gasteiger partial charge >= 0.3 is 5.97 Å². The highest BCUT2D eigenvalue weighted by molar-refractivity contribution is 5.66. The van der Waals surface area contributed by atoms with E-state index in [1.807, 2.05) is 0 Å². The fourth-order valence-electron chi connectivity index (χ4n) is 1.17. The van der Waals surface area contributed by atoms with Crippen LogP contribution in [0.3, 0.4) is 0 Å². The van der Waals surface area contributed by atoms with Crippen molar-refractivity contribution in [2.45, 2.75) is 19.3 Å². The summed E-state index contributed by atoms with van der Waals surface area (Å²) in [6, 6.07) is 3.91. The second kappa shape index (κ2) is 4.69. The molecule has 1 aromatic rings. The van der Waals surface area contributed by atoms with Crippen molar-refractivity contribution in [3.05, 3.63) is 35.4 Å². The van der Waals surface area contributed by atoms with Crippen molar-refractivity contribution in [1.82, 2.24) is 0 Å². The van der Waals surface area contributed by atoms with Crippen LogP contribution in [0.15, 0.2) is 18.2 Å². The van der Waals surface area contributed by atoms with E-state index in [4.69, 9.17) is 5.11 Å². The average molecular weight is 200 g/mol. The molecule has 0 spiro atoms. The van der Waals surface area contributed by atoms with Gasteiger partial charge in [-0.3, -0.25) is 4.79 Å². The van der Waals surface area contributed by atoms with Crippen LogP contribution >= 0.6 is 0 Å². The van der Waals surface area contributed by atoms with Gasteiger partial charge in [-0.1, -0.05) is 12.1 Å². The Morgan fingerprint density at radius 1 is 1.36 bits per heavy atom. The standard InChI is InChI=1S/C10H10F2O2/c11-8-5-1-3-7(10(8)12)4-2-6-9(13)14/h1,3,5H,2,4,6H2,(H,13,14). The molecule has 0 saturated carbocycles. The Morgan fingerprint density at radius 3 is 2.71 bits per heavy atom. The van der Waals surface area contributed by atoms with E-state index in [1.165, 1.54) is 12.1 Å². The highest BCUT2D eigenvalue weighted by Gasteiger charge is 2.07. The first kappa shape index (κ1) is 10.6. The van der Waals surface area contributed by atoms with Gasteiger partial charge in [0.2, 0.25) is 0 Å². The monoisotopic (exact) mass is 200 g/mol. The molecule has 0 bridgehead atoms. The normalized spacial score (nSPS) is 10.1. The highest BCUT2D eigenvalue weighted by Crippen LogP contribution is 2.13. The fourth-order valence-corrected chi connectivity index (χ4v) is 1.17. The first-order valence-electron chi connectivity index (χ1n) is 4.26. The quantitative estimate of drug-likeness (QED) is 0.810. The number of aliphatic carboxylic acids is 1. The summed E-state index contributed by atoms with van der Waals surface area (Å²) >= 11 is 0. The lowest BCUT2D eigenvalue weighted by molar-refractivity contribution is -0.137. The molecule has 0 saturated heterocycles. The highest BCUT2D eigenvalue weighted by atomic mass is 19.2. The summed E-state index contributed by atoms with van der Waals surface area (Å²) in [6.07, 6.45) is 0.529. The number of carbonyl (C=O) groups is 1. The van der Waals surface area contributed by atoms with Crippen LogP contribution in [0.25, 0.3) is 0 Å². The zero-order valence-corrected chi connectivity index (χ0v) is 7.46. The summed E-state index contributed by atoms with van der Waals surface area (Å²) < 4.78 is 25.7. The van der Waals surface area contributed by atoms with Crippen molar-refractivity contribution >= 4 is 5.97 Å². The van der Waals surface area contributed by atoms with E-state index in [0.29, 0.717) is 6.42 Å². The SMILES string of the molecule is O=C(O)CCCc1cccc(F)c1F. The van der Waals surface area contributed by atoms with Gasteiger partial charge in [-0.25, -0.2) is 8.78 Å². The molecule has 0 amide bonds. The van der Waals surface area contributed by atoms with Crippen molar-refractivity contribution in [3.8, 4) is 0 Å². The van der Waals surface area contributed by atoms with Crippen LogP contribution in [0.2, 0.25) is 0 Å². The lowest BCUT2D eigenvalue weighted by Crippen LogP contribution is -1.98. The molecule has 0 atom stereocenters. The van der Waals surface area contributed by atoms with Gasteiger partial charge in [0.05, 0.1) is 0 Å². The van der Waals surface area contributed by atoms with E-state index >= 15 is 0 Å². The van der Waals surface area contributed by atoms with Crippen molar-refractivity contribution in [1.29, 1.82) is 0 Å². The Morgan fingerprint density at radius 2 is 2.07 bits per heavy atom. The number of aryl methyl sites for hydroxylation is 1. The van der Waals surface area contributed by atoms with Gasteiger partial charge in [0, 0.05) is 6.42 Å². The third kappa shape index (κ3) is 2.80. The van der Waals surface area contributed by atoms with Crippen LogP contribution < -0.4 is 0 Å². The minimum absolute atomic E-state index is 0.0318. The van der Waals surface area contributed by atoms with E-state index in [-0.39, 0.29) is 18.4 Å². The summed E-state index contributed by atoms with van der Waals surface area (Å²) in [4.78, 5) is 10.2. The molecule has 0 fully saturated rings. The Labute approximate surface area is 80.2 Å². The molecule has 0 aliphatic rings. The maximum atomic E-state index is 13.0. The largest absolute Gasteiger partial charge is 0.481 e. The topological polar surface area (TPSA) is 37.3 Å². The van der Waals surface area contributed by atoms with E-state index in [2.05, 4.69) is 0 Å². The number of carboxylic acids is 1. The van der Waals surface area contributed by atoms with Crippen molar-refractivity contribution in [2.75, 3.05) is 0 Å². The number of carboxylic acid groups (broad SMARTS) is 1. The smallest absolute Gasteiger partial charge is 0.303 e. The van der Waals surface area contributed by atoms with Crippen LogP contribution in [-0.2, 0) is 11.2 Å². The minimum Gasteiger partial charge on any atom is -0.481 e. The lowest BCUT2D eigenvalue weighted by Gasteiger charge is -2.01. The molecule has 0 aliphatic carbocycles. The summed E-state index contributed by atoms with van der Waals surface area (Å²) in [6.45, 7) is 0. The molecular weight excluding hydrogens is 190 g/mol. The van der Waals surface area contributed by atoms with Crippen molar-refractivity contribution in [2.24, 2.45) is 0 Å². The number of halogens is 2. The average Bonchev–Trinajstić information content (AvgIpc) is 2.12. The molecule has 1 rings (SSSR count). The lowest BCUT2D eigenvalue weighted by atomic mass is 10.1. The van der Waals surface area contributed by atoms with E-state index in [0.717, 1.165) is 6.07 Å². The van der Waals surface area contributed by atoms with Gasteiger partial charge in [0.25, 0.3) is 0 Å². The van der Waals surface area contributed by atoms with Crippen molar-refractivity contribution < 1.29 is 18.7 Å². The zero-order chi connectivity index (χ0) is 10.6. The molecule has 2 nitrogen and oxygen atoms in total. The first-order valence-corrected chi connectivity index (χ1v) is 4.26. The van der Waals surface area contributed by atoms with E-state index in [9.17, 15) is 13.6 Å². The second-order valence-corrected chi connectivity index (χ2v) is 2.96. The number of hydrogen-bond acceptors (Lipinski definition) is 1. The fraction of sp³-hybridized carbons (Fsp3) is 0.300. The maximum absolute atomic E-state index is 13.0. The van der Waals surface area contributed by atoms with E-state index in [1.54, 1.807) is 0 Å². The molecular formula is C10H10F2O2. The third-order valence-electron chi connectivity index (χ3n) is 1.87. The van der Waals surface area contributed by atoms with Gasteiger partial charge in [0.15, 0.2) is 11.6 Å². The zero-order valence-electron chi connectivity index (χ0n) is 7.46. The van der Waals surface area contributed by atoms with Crippen LogP contribution in [0, 0.1) is 11.6 Å². The van der Waals surface area contributed by atoms with Crippen LogP contribution in [-0.4, -0.2) is 11.1 Å². The summed E-state index contributed by atoms with van der Waals surface area (Å²) in [5.41, 5.74) is 0.228. The minimum atomic E-state index is -0.929. The number of rotatable bonds is 4. The molecule has 4 heteroatoms. The molecule has 0 radical (unpaired) electrons. The molecule has 76 valence electrons. The predicted molar refractivity (Wildman–Crippen MR) is 46.9 cm³/mol. The number of benzene rings is 1. The van der Waals surface area contributed by atoms with Crippen LogP contribution in [0.5, 0.6) is 0 Å². The first-order chi connectivity index (χ1) is 6.61. The summed E-state index contributed by atoms with van der Waals surface area (Å²) in [5, 5.41) is 8.35. The van der Waals surface area contributed by atoms with Gasteiger partial charge in [-0.15, -0.1) is 0 Å². The molecule has 1 N–H and O–H groups in total. The molecule has 14 heavy (non-hydrogen) atoms. The van der Waals surface area contributed by atoms with E-state index < -0.39 is 17.6 Å². The van der Waals surface area contributed by atoms with Crippen LogP contribution in [0.4, 0.5) is 8.78 Å². The number of hydrogen-bond donors (Lipinski definition) is 1. The van der Waals surface area contributed by atoms with Gasteiger partial charge in [-0.2, -0.15) is 0 Å². The van der Waals surface area contributed by atoms with Gasteiger partial charge in [-0.05, 0) is 24.5 Å². The molecule has 0 unspecified atom stereocenters. The molecule has 0 heterocycles. The Kier molecular flexibility index (Phi) is 3.56. The maximum Gasteiger partial charge on any atom is 0.303 e. The Bertz CT molecular complexity index is 337. The predicted octanol–water partition coefficient (Wildman–Crippen LogP) is 2.37. The molecule has 1 aromatic carbocycles. The van der Waals surface area contributed by atoms with Gasteiger partial charge < -0.3 is 5.11 Å². The van der Waals surface area contributed by atoms with Crippen molar-refractivity contribution in [3.63, 3.8) is 0 Å². The Hall–Kier alpha value is -1.45. The summed E-state index contributed by atoms with van der Waals surface area (Å²) in [5.74, 6) is -2.70. The summed E-state index contributed by atoms with van der Waals surface area (Å²) in [7, 11) is 0. The second-order valence-electron chi connectivity index (χ2n) is 2.96.